The summed E-state index contributed by atoms with van der Waals surface area (Å²) in [4.78, 5) is 14.5. The standard InChI is InChI=1S/C17H25ClN4O5S2/c1-19(2)29(26,27)22-11-9-20(10-12-22)17(23)15-13-14(5-6-16(15)18)28(24,25)21-7-3-4-8-21/h5-6,13H,3-4,7-12H2,1-2H3. The zero-order valence-corrected chi connectivity index (χ0v) is 18.8. The maximum absolute atomic E-state index is 13.0. The highest BCUT2D eigenvalue weighted by Gasteiger charge is 2.32. The molecule has 2 aliphatic rings. The predicted octanol–water partition coefficient (Wildman–Crippen LogP) is 0.689. The number of benzene rings is 1. The lowest BCUT2D eigenvalue weighted by molar-refractivity contribution is 0.0695. The highest BCUT2D eigenvalue weighted by atomic mass is 35.5. The molecule has 2 heterocycles. The summed E-state index contributed by atoms with van der Waals surface area (Å²) in [7, 11) is -4.29. The molecule has 2 aliphatic heterocycles. The largest absolute Gasteiger partial charge is 0.336 e. The Balaban J connectivity index is 1.78. The summed E-state index contributed by atoms with van der Waals surface area (Å²) in [5.41, 5.74) is 0.107. The minimum atomic E-state index is -3.67. The van der Waals surface area contributed by atoms with Gasteiger partial charge in [-0.2, -0.15) is 21.3 Å². The van der Waals surface area contributed by atoms with Gasteiger partial charge < -0.3 is 4.90 Å². The number of hydrogen-bond donors (Lipinski definition) is 0. The average molecular weight is 465 g/mol. The van der Waals surface area contributed by atoms with Crippen LogP contribution >= 0.6 is 11.6 Å². The van der Waals surface area contributed by atoms with Crippen molar-refractivity contribution in [1.29, 1.82) is 0 Å². The molecular formula is C17H25ClN4O5S2. The van der Waals surface area contributed by atoms with Gasteiger partial charge in [-0.3, -0.25) is 4.79 Å². The van der Waals surface area contributed by atoms with Crippen molar-refractivity contribution in [2.75, 3.05) is 53.4 Å². The molecule has 0 radical (unpaired) electrons. The first kappa shape index (κ1) is 22.4. The molecule has 0 aliphatic carbocycles. The van der Waals surface area contributed by atoms with Crippen molar-refractivity contribution >= 4 is 37.7 Å². The van der Waals surface area contributed by atoms with E-state index in [1.54, 1.807) is 0 Å². The highest BCUT2D eigenvalue weighted by Crippen LogP contribution is 2.26. The Hall–Kier alpha value is -1.24. The topological polar surface area (TPSA) is 98.3 Å². The molecule has 0 unspecified atom stereocenters. The quantitative estimate of drug-likeness (QED) is 0.638. The van der Waals surface area contributed by atoms with E-state index in [0.29, 0.717) is 13.1 Å². The highest BCUT2D eigenvalue weighted by molar-refractivity contribution is 7.89. The molecular weight excluding hydrogens is 440 g/mol. The number of amides is 1. The minimum absolute atomic E-state index is 0.0426. The maximum Gasteiger partial charge on any atom is 0.281 e. The number of piperazine rings is 1. The second-order valence-corrected chi connectivity index (χ2v) is 11.7. The molecule has 0 saturated carbocycles. The molecule has 0 bridgehead atoms. The lowest BCUT2D eigenvalue weighted by Crippen LogP contribution is -2.53. The summed E-state index contributed by atoms with van der Waals surface area (Å²) in [5.74, 6) is -0.407. The predicted molar refractivity (Wildman–Crippen MR) is 110 cm³/mol. The molecule has 9 nitrogen and oxygen atoms in total. The van der Waals surface area contributed by atoms with Gasteiger partial charge in [0.15, 0.2) is 0 Å². The van der Waals surface area contributed by atoms with Crippen LogP contribution in [0.3, 0.4) is 0 Å². The molecule has 2 saturated heterocycles. The summed E-state index contributed by atoms with van der Waals surface area (Å²) < 4.78 is 53.9. The zero-order valence-electron chi connectivity index (χ0n) is 16.4. The van der Waals surface area contributed by atoms with Crippen LogP contribution in [0, 0.1) is 0 Å². The summed E-state index contributed by atoms with van der Waals surface area (Å²) in [6, 6.07) is 4.15. The molecule has 162 valence electrons. The van der Waals surface area contributed by atoms with Gasteiger partial charge in [-0.15, -0.1) is 0 Å². The van der Waals surface area contributed by atoms with Crippen molar-refractivity contribution in [2.45, 2.75) is 17.7 Å². The molecule has 2 fully saturated rings. The molecule has 0 aromatic heterocycles. The molecule has 1 amide bonds. The van der Waals surface area contributed by atoms with Crippen LogP contribution in [-0.2, 0) is 20.2 Å². The van der Waals surface area contributed by atoms with Crippen molar-refractivity contribution in [3.63, 3.8) is 0 Å². The van der Waals surface area contributed by atoms with E-state index < -0.39 is 26.1 Å². The van der Waals surface area contributed by atoms with Crippen LogP contribution in [0.25, 0.3) is 0 Å². The molecule has 29 heavy (non-hydrogen) atoms. The smallest absolute Gasteiger partial charge is 0.281 e. The number of carbonyl (C=O) groups is 1. The van der Waals surface area contributed by atoms with E-state index in [1.807, 2.05) is 0 Å². The van der Waals surface area contributed by atoms with Gasteiger partial charge in [-0.1, -0.05) is 11.6 Å². The third-order valence-corrected chi connectivity index (χ3v) is 9.35. The van der Waals surface area contributed by atoms with Crippen molar-refractivity contribution in [2.24, 2.45) is 0 Å². The molecule has 1 aromatic rings. The van der Waals surface area contributed by atoms with Gasteiger partial charge in [0.1, 0.15) is 0 Å². The first-order valence-electron chi connectivity index (χ1n) is 9.32. The normalized spacial score (nSPS) is 19.8. The zero-order chi connectivity index (χ0) is 21.4. The second-order valence-electron chi connectivity index (χ2n) is 7.23. The summed E-state index contributed by atoms with van der Waals surface area (Å²) in [5, 5.41) is 0.165. The number of rotatable bonds is 5. The lowest BCUT2D eigenvalue weighted by Gasteiger charge is -2.35. The first-order chi connectivity index (χ1) is 13.5. The Labute approximate surface area is 177 Å². The molecule has 12 heteroatoms. The fraction of sp³-hybridized carbons (Fsp3) is 0.588. The van der Waals surface area contributed by atoms with Gasteiger partial charge in [0.05, 0.1) is 15.5 Å². The van der Waals surface area contributed by atoms with Gasteiger partial charge in [0, 0.05) is 53.4 Å². The maximum atomic E-state index is 13.0. The van der Waals surface area contributed by atoms with Gasteiger partial charge in [-0.05, 0) is 31.0 Å². The number of sulfonamides is 1. The van der Waals surface area contributed by atoms with E-state index in [0.717, 1.165) is 17.1 Å². The van der Waals surface area contributed by atoms with Crippen LogP contribution in [0.1, 0.15) is 23.2 Å². The third-order valence-electron chi connectivity index (χ3n) is 5.18. The van der Waals surface area contributed by atoms with E-state index in [9.17, 15) is 21.6 Å². The molecule has 0 spiro atoms. The van der Waals surface area contributed by atoms with Crippen LogP contribution in [-0.4, -0.2) is 93.9 Å². The Bertz CT molecular complexity index is 983. The van der Waals surface area contributed by atoms with Crippen LogP contribution in [0.5, 0.6) is 0 Å². The van der Waals surface area contributed by atoms with E-state index in [1.165, 1.54) is 45.8 Å². The lowest BCUT2D eigenvalue weighted by atomic mass is 10.2. The fourth-order valence-electron chi connectivity index (χ4n) is 3.43. The van der Waals surface area contributed by atoms with Crippen LogP contribution in [0.15, 0.2) is 23.1 Å². The van der Waals surface area contributed by atoms with Gasteiger partial charge in [0.2, 0.25) is 10.0 Å². The van der Waals surface area contributed by atoms with Gasteiger partial charge in [-0.25, -0.2) is 8.42 Å². The van der Waals surface area contributed by atoms with Crippen molar-refractivity contribution in [3.05, 3.63) is 28.8 Å². The average Bonchev–Trinajstić information content (AvgIpc) is 3.23. The van der Waals surface area contributed by atoms with Crippen LogP contribution in [0.4, 0.5) is 0 Å². The third kappa shape index (κ3) is 4.44. The Morgan fingerprint density at radius 1 is 0.931 bits per heavy atom. The Morgan fingerprint density at radius 3 is 2.07 bits per heavy atom. The number of halogens is 1. The molecule has 0 N–H and O–H groups in total. The van der Waals surface area contributed by atoms with E-state index >= 15 is 0 Å². The SMILES string of the molecule is CN(C)S(=O)(=O)N1CCN(C(=O)c2cc(S(=O)(=O)N3CCCC3)ccc2Cl)CC1. The number of hydrogen-bond acceptors (Lipinski definition) is 5. The fourth-order valence-corrected chi connectivity index (χ4v) is 6.26. The van der Waals surface area contributed by atoms with Crippen molar-refractivity contribution in [1.82, 2.24) is 17.8 Å². The molecule has 0 atom stereocenters. The molecule has 3 rings (SSSR count). The van der Waals surface area contributed by atoms with E-state index in [2.05, 4.69) is 0 Å². The Kier molecular flexibility index (Phi) is 6.56. The summed E-state index contributed by atoms with van der Waals surface area (Å²) in [6.45, 7) is 1.66. The summed E-state index contributed by atoms with van der Waals surface area (Å²) >= 11 is 6.19. The van der Waals surface area contributed by atoms with E-state index in [-0.39, 0.29) is 41.7 Å². The van der Waals surface area contributed by atoms with Crippen molar-refractivity contribution < 1.29 is 21.6 Å². The van der Waals surface area contributed by atoms with Crippen molar-refractivity contribution in [3.8, 4) is 0 Å². The monoisotopic (exact) mass is 464 g/mol. The Morgan fingerprint density at radius 2 is 1.52 bits per heavy atom. The van der Waals surface area contributed by atoms with Gasteiger partial charge in [0.25, 0.3) is 16.1 Å². The minimum Gasteiger partial charge on any atom is -0.336 e. The summed E-state index contributed by atoms with van der Waals surface area (Å²) in [6.07, 6.45) is 1.64. The second kappa shape index (κ2) is 8.48. The van der Waals surface area contributed by atoms with Gasteiger partial charge >= 0.3 is 0 Å². The first-order valence-corrected chi connectivity index (χ1v) is 12.5. The van der Waals surface area contributed by atoms with Crippen LogP contribution in [0.2, 0.25) is 5.02 Å². The molecule has 1 aromatic carbocycles. The number of nitrogens with zero attached hydrogens (tertiary/aromatic N) is 4. The van der Waals surface area contributed by atoms with E-state index in [4.69, 9.17) is 11.6 Å². The van der Waals surface area contributed by atoms with Crippen LogP contribution < -0.4 is 0 Å². The number of carbonyl (C=O) groups excluding carboxylic acids is 1.